The molecule has 1 fully saturated rings. The summed E-state index contributed by atoms with van der Waals surface area (Å²) in [5.74, 6) is 0. The Morgan fingerprint density at radius 3 is 2.56 bits per heavy atom. The van der Waals surface area contributed by atoms with Crippen molar-refractivity contribution in [3.05, 3.63) is 0 Å². The van der Waals surface area contributed by atoms with E-state index in [-0.39, 0.29) is 11.9 Å². The highest BCUT2D eigenvalue weighted by Gasteiger charge is 2.31. The zero-order valence-electron chi connectivity index (χ0n) is 5.69. The monoisotopic (exact) mass is 194 g/mol. The highest BCUT2D eigenvalue weighted by Crippen LogP contribution is 2.22. The quantitative estimate of drug-likeness (QED) is 0.590. The van der Waals surface area contributed by atoms with Gasteiger partial charge in [0.1, 0.15) is 0 Å². The second kappa shape index (κ2) is 2.56. The first-order valence-electron chi connectivity index (χ1n) is 2.99. The molecule has 1 atom stereocenters. The van der Waals surface area contributed by atoms with Crippen LogP contribution in [0.15, 0.2) is 0 Å². The molecule has 1 aliphatic heterocycles. The molecule has 3 heteroatoms. The van der Waals surface area contributed by atoms with Gasteiger partial charge in [0.05, 0.1) is 17.5 Å². The van der Waals surface area contributed by atoms with E-state index in [1.807, 2.05) is 13.8 Å². The van der Waals surface area contributed by atoms with Gasteiger partial charge in [-0.15, -0.1) is 0 Å². The molecule has 0 aromatic carbocycles. The van der Waals surface area contributed by atoms with E-state index in [0.29, 0.717) is 6.61 Å². The highest BCUT2D eigenvalue weighted by molar-refractivity contribution is 9.09. The van der Waals surface area contributed by atoms with Crippen LogP contribution < -0.4 is 0 Å². The Kier molecular flexibility index (Phi) is 2.14. The molecule has 0 aromatic heterocycles. The van der Waals surface area contributed by atoms with Crippen LogP contribution in [0.1, 0.15) is 13.8 Å². The Hall–Kier alpha value is 0.400. The molecule has 0 N–H and O–H groups in total. The van der Waals surface area contributed by atoms with Gasteiger partial charge in [-0.25, -0.2) is 0 Å². The average molecular weight is 195 g/mol. The highest BCUT2D eigenvalue weighted by atomic mass is 79.9. The van der Waals surface area contributed by atoms with Gasteiger partial charge < -0.3 is 9.47 Å². The number of ether oxygens (including phenoxy) is 2. The fourth-order valence-corrected chi connectivity index (χ4v) is 1.11. The third kappa shape index (κ3) is 1.92. The van der Waals surface area contributed by atoms with Crippen LogP contribution in [-0.2, 0) is 9.47 Å². The van der Waals surface area contributed by atoms with Crippen molar-refractivity contribution in [1.82, 2.24) is 0 Å². The van der Waals surface area contributed by atoms with Gasteiger partial charge >= 0.3 is 0 Å². The van der Waals surface area contributed by atoms with Gasteiger partial charge in [-0.2, -0.15) is 0 Å². The minimum Gasteiger partial charge on any atom is -0.349 e. The van der Waals surface area contributed by atoms with Crippen LogP contribution in [-0.4, -0.2) is 23.8 Å². The molecule has 0 spiro atoms. The second-order valence-corrected chi connectivity index (χ2v) is 3.42. The maximum atomic E-state index is 5.43. The van der Waals surface area contributed by atoms with E-state index in [1.54, 1.807) is 0 Å². The Morgan fingerprint density at radius 2 is 2.33 bits per heavy atom. The SMILES string of the molecule is CC1(C)COC(CBr)O1. The van der Waals surface area contributed by atoms with Crippen molar-refractivity contribution in [2.75, 3.05) is 11.9 Å². The molecule has 1 saturated heterocycles. The summed E-state index contributed by atoms with van der Waals surface area (Å²) in [6, 6.07) is 0. The summed E-state index contributed by atoms with van der Waals surface area (Å²) < 4.78 is 10.7. The Bertz CT molecular complexity index is 103. The van der Waals surface area contributed by atoms with E-state index in [0.717, 1.165) is 5.33 Å². The van der Waals surface area contributed by atoms with Crippen molar-refractivity contribution >= 4 is 15.9 Å². The summed E-state index contributed by atoms with van der Waals surface area (Å²) in [5.41, 5.74) is -0.0849. The van der Waals surface area contributed by atoms with Crippen LogP contribution in [0.5, 0.6) is 0 Å². The van der Waals surface area contributed by atoms with Gasteiger partial charge in [-0.05, 0) is 13.8 Å². The lowest BCUT2D eigenvalue weighted by molar-refractivity contribution is -0.0602. The van der Waals surface area contributed by atoms with Crippen molar-refractivity contribution in [2.45, 2.75) is 25.7 Å². The molecular weight excluding hydrogens is 184 g/mol. The second-order valence-electron chi connectivity index (χ2n) is 2.77. The van der Waals surface area contributed by atoms with E-state index in [2.05, 4.69) is 15.9 Å². The molecule has 1 heterocycles. The molecular formula is C6H11BrO2. The number of halogens is 1. The summed E-state index contributed by atoms with van der Waals surface area (Å²) >= 11 is 3.28. The Labute approximate surface area is 63.7 Å². The van der Waals surface area contributed by atoms with E-state index in [1.165, 1.54) is 0 Å². The Balaban J connectivity index is 2.38. The van der Waals surface area contributed by atoms with Crippen molar-refractivity contribution in [3.8, 4) is 0 Å². The average Bonchev–Trinajstić information content (AvgIpc) is 2.10. The van der Waals surface area contributed by atoms with Gasteiger partial charge in [0.15, 0.2) is 6.29 Å². The zero-order chi connectivity index (χ0) is 6.91. The smallest absolute Gasteiger partial charge is 0.168 e. The molecule has 9 heavy (non-hydrogen) atoms. The maximum Gasteiger partial charge on any atom is 0.168 e. The minimum atomic E-state index is -0.0849. The van der Waals surface area contributed by atoms with Gasteiger partial charge in [0.2, 0.25) is 0 Å². The first-order chi connectivity index (χ1) is 4.14. The lowest BCUT2D eigenvalue weighted by Crippen LogP contribution is -2.23. The molecule has 0 saturated carbocycles. The largest absolute Gasteiger partial charge is 0.349 e. The van der Waals surface area contributed by atoms with Crippen molar-refractivity contribution in [2.24, 2.45) is 0 Å². The maximum absolute atomic E-state index is 5.43. The molecule has 0 aromatic rings. The zero-order valence-corrected chi connectivity index (χ0v) is 7.27. The van der Waals surface area contributed by atoms with Crippen molar-refractivity contribution in [3.63, 3.8) is 0 Å². The standard InChI is InChI=1S/C6H11BrO2/c1-6(2)4-8-5(3-7)9-6/h5H,3-4H2,1-2H3. The van der Waals surface area contributed by atoms with Gasteiger partial charge in [0.25, 0.3) is 0 Å². The third-order valence-electron chi connectivity index (χ3n) is 1.19. The number of hydrogen-bond donors (Lipinski definition) is 0. The first-order valence-corrected chi connectivity index (χ1v) is 4.11. The molecule has 1 aliphatic rings. The summed E-state index contributed by atoms with van der Waals surface area (Å²) in [7, 11) is 0. The predicted molar refractivity (Wildman–Crippen MR) is 38.7 cm³/mol. The molecule has 1 unspecified atom stereocenters. The number of rotatable bonds is 1. The molecule has 0 radical (unpaired) electrons. The number of hydrogen-bond acceptors (Lipinski definition) is 2. The minimum absolute atomic E-state index is 0.0417. The van der Waals surface area contributed by atoms with E-state index in [9.17, 15) is 0 Å². The number of alkyl halides is 1. The molecule has 54 valence electrons. The topological polar surface area (TPSA) is 18.5 Å². The summed E-state index contributed by atoms with van der Waals surface area (Å²) in [4.78, 5) is 0. The van der Waals surface area contributed by atoms with Crippen molar-refractivity contribution in [1.29, 1.82) is 0 Å². The van der Waals surface area contributed by atoms with Crippen LogP contribution >= 0.6 is 15.9 Å². The Morgan fingerprint density at radius 1 is 1.67 bits per heavy atom. The third-order valence-corrected chi connectivity index (χ3v) is 1.72. The fourth-order valence-electron chi connectivity index (χ4n) is 0.794. The molecule has 1 rings (SSSR count). The normalized spacial score (nSPS) is 33.0. The lowest BCUT2D eigenvalue weighted by Gasteiger charge is -2.14. The van der Waals surface area contributed by atoms with E-state index in [4.69, 9.17) is 9.47 Å². The summed E-state index contributed by atoms with van der Waals surface area (Å²) in [6.45, 7) is 4.74. The van der Waals surface area contributed by atoms with Crippen LogP contribution in [0, 0.1) is 0 Å². The van der Waals surface area contributed by atoms with Gasteiger partial charge in [-0.1, -0.05) is 15.9 Å². The van der Waals surface area contributed by atoms with E-state index < -0.39 is 0 Å². The predicted octanol–water partition coefficient (Wildman–Crippen LogP) is 1.53. The fraction of sp³-hybridized carbons (Fsp3) is 1.00. The molecule has 0 amide bonds. The van der Waals surface area contributed by atoms with Crippen molar-refractivity contribution < 1.29 is 9.47 Å². The molecule has 0 aliphatic carbocycles. The summed E-state index contributed by atoms with van der Waals surface area (Å²) in [6.07, 6.45) is -0.0417. The van der Waals surface area contributed by atoms with Crippen LogP contribution in [0.3, 0.4) is 0 Å². The van der Waals surface area contributed by atoms with Crippen LogP contribution in [0.2, 0.25) is 0 Å². The van der Waals surface area contributed by atoms with Gasteiger partial charge in [-0.3, -0.25) is 0 Å². The first kappa shape index (κ1) is 7.51. The van der Waals surface area contributed by atoms with Gasteiger partial charge in [0, 0.05) is 0 Å². The van der Waals surface area contributed by atoms with Crippen LogP contribution in [0.4, 0.5) is 0 Å². The summed E-state index contributed by atoms with van der Waals surface area (Å²) in [5, 5.41) is 0.760. The lowest BCUT2D eigenvalue weighted by atomic mass is 10.2. The van der Waals surface area contributed by atoms with Crippen LogP contribution in [0.25, 0.3) is 0 Å². The van der Waals surface area contributed by atoms with E-state index >= 15 is 0 Å². The molecule has 2 nitrogen and oxygen atoms in total. The molecule has 0 bridgehead atoms.